The minimum atomic E-state index is -0.616. The van der Waals surface area contributed by atoms with Crippen LogP contribution in [0.15, 0.2) is 30.7 Å². The Morgan fingerprint density at radius 3 is 2.61 bits per heavy atom. The number of rotatable bonds is 3. The van der Waals surface area contributed by atoms with Gasteiger partial charge in [-0.25, -0.2) is 4.98 Å². The normalized spacial score (nSPS) is 13.0. The second-order valence-electron chi connectivity index (χ2n) is 5.01. The number of imidazole rings is 1. The van der Waals surface area contributed by atoms with Gasteiger partial charge in [-0.3, -0.25) is 0 Å². The van der Waals surface area contributed by atoms with Crippen molar-refractivity contribution in [2.75, 3.05) is 0 Å². The van der Waals surface area contributed by atoms with Gasteiger partial charge in [0, 0.05) is 6.04 Å². The van der Waals surface area contributed by atoms with Crippen LogP contribution in [0.4, 0.5) is 0 Å². The van der Waals surface area contributed by atoms with Gasteiger partial charge in [-0.2, -0.15) is 0 Å². The molecule has 1 N–H and O–H groups in total. The fourth-order valence-corrected chi connectivity index (χ4v) is 2.19. The van der Waals surface area contributed by atoms with Crippen LogP contribution in [-0.2, 0) is 0 Å². The molecule has 3 nitrogen and oxygen atoms in total. The maximum absolute atomic E-state index is 10.6. The number of aromatic nitrogens is 2. The van der Waals surface area contributed by atoms with Gasteiger partial charge in [0.1, 0.15) is 6.10 Å². The lowest BCUT2D eigenvalue weighted by Gasteiger charge is -2.19. The van der Waals surface area contributed by atoms with Crippen LogP contribution in [0.5, 0.6) is 0 Å². The molecule has 0 fully saturated rings. The lowest BCUT2D eigenvalue weighted by molar-refractivity contribution is 0.207. The zero-order chi connectivity index (χ0) is 13.3. The summed E-state index contributed by atoms with van der Waals surface area (Å²) in [6, 6.07) is 6.31. The molecule has 2 rings (SSSR count). The summed E-state index contributed by atoms with van der Waals surface area (Å²) in [5.74, 6) is 0. The van der Waals surface area contributed by atoms with Crippen molar-refractivity contribution in [1.29, 1.82) is 0 Å². The van der Waals surface area contributed by atoms with Crippen molar-refractivity contribution in [2.24, 2.45) is 0 Å². The maximum atomic E-state index is 10.6. The zero-order valence-corrected chi connectivity index (χ0v) is 11.4. The average molecular weight is 244 g/mol. The number of hydrogen-bond donors (Lipinski definition) is 1. The van der Waals surface area contributed by atoms with Crippen LogP contribution < -0.4 is 0 Å². The van der Waals surface area contributed by atoms with Gasteiger partial charge < -0.3 is 9.67 Å². The summed E-state index contributed by atoms with van der Waals surface area (Å²) in [6.07, 6.45) is 2.90. The van der Waals surface area contributed by atoms with E-state index in [0.29, 0.717) is 6.04 Å². The van der Waals surface area contributed by atoms with E-state index in [9.17, 15) is 5.11 Å². The number of aryl methyl sites for hydroxylation is 1. The molecule has 1 unspecified atom stereocenters. The first-order valence-electron chi connectivity index (χ1n) is 6.28. The third-order valence-corrected chi connectivity index (χ3v) is 3.47. The fraction of sp³-hybridized carbons (Fsp3) is 0.400. The molecular formula is C15H20N2O. The van der Waals surface area contributed by atoms with Crippen molar-refractivity contribution in [3.8, 4) is 0 Å². The molecule has 18 heavy (non-hydrogen) atoms. The minimum Gasteiger partial charge on any atom is -0.382 e. The summed E-state index contributed by atoms with van der Waals surface area (Å²) in [7, 11) is 0. The molecule has 0 spiro atoms. The quantitative estimate of drug-likeness (QED) is 0.900. The number of nitrogens with zero attached hydrogens (tertiary/aromatic N) is 2. The van der Waals surface area contributed by atoms with Crippen molar-refractivity contribution in [1.82, 2.24) is 9.55 Å². The van der Waals surface area contributed by atoms with Gasteiger partial charge in [0.25, 0.3) is 0 Å². The van der Waals surface area contributed by atoms with Gasteiger partial charge in [-0.1, -0.05) is 18.2 Å². The number of benzene rings is 1. The van der Waals surface area contributed by atoms with Crippen molar-refractivity contribution in [2.45, 2.75) is 39.8 Å². The lowest BCUT2D eigenvalue weighted by atomic mass is 9.97. The van der Waals surface area contributed by atoms with Crippen LogP contribution in [0.25, 0.3) is 0 Å². The molecule has 0 saturated carbocycles. The standard InChI is InChI=1S/C15H20N2O/c1-10(2)17-9-16-8-14(17)15(18)13-7-5-6-11(3)12(13)4/h5-10,15,18H,1-4H3. The monoisotopic (exact) mass is 244 g/mol. The van der Waals surface area contributed by atoms with Gasteiger partial charge in [0.2, 0.25) is 0 Å². The second-order valence-corrected chi connectivity index (χ2v) is 5.01. The number of hydrogen-bond acceptors (Lipinski definition) is 2. The molecule has 0 bridgehead atoms. The molecule has 1 aromatic carbocycles. The smallest absolute Gasteiger partial charge is 0.121 e. The van der Waals surface area contributed by atoms with E-state index in [1.807, 2.05) is 23.6 Å². The third-order valence-electron chi connectivity index (χ3n) is 3.47. The van der Waals surface area contributed by atoms with Gasteiger partial charge in [-0.15, -0.1) is 0 Å². The summed E-state index contributed by atoms with van der Waals surface area (Å²) in [5.41, 5.74) is 4.14. The van der Waals surface area contributed by atoms with Gasteiger partial charge >= 0.3 is 0 Å². The van der Waals surface area contributed by atoms with Crippen molar-refractivity contribution in [3.63, 3.8) is 0 Å². The van der Waals surface area contributed by atoms with Crippen LogP contribution in [0.3, 0.4) is 0 Å². The molecule has 0 amide bonds. The highest BCUT2D eigenvalue weighted by atomic mass is 16.3. The van der Waals surface area contributed by atoms with E-state index in [1.165, 1.54) is 5.56 Å². The summed E-state index contributed by atoms with van der Waals surface area (Å²) in [5, 5.41) is 10.6. The molecule has 0 aliphatic rings. The van der Waals surface area contributed by atoms with Crippen LogP contribution in [-0.4, -0.2) is 14.7 Å². The first kappa shape index (κ1) is 12.8. The molecule has 0 radical (unpaired) electrons. The second kappa shape index (κ2) is 4.94. The molecule has 0 saturated heterocycles. The predicted molar refractivity (Wildman–Crippen MR) is 72.6 cm³/mol. The summed E-state index contributed by atoms with van der Waals surface area (Å²) in [6.45, 7) is 8.28. The van der Waals surface area contributed by atoms with Gasteiger partial charge in [0.15, 0.2) is 0 Å². The topological polar surface area (TPSA) is 38.1 Å². The lowest BCUT2D eigenvalue weighted by Crippen LogP contribution is -2.11. The highest BCUT2D eigenvalue weighted by Gasteiger charge is 2.18. The number of aliphatic hydroxyl groups excluding tert-OH is 1. The highest BCUT2D eigenvalue weighted by Crippen LogP contribution is 2.27. The van der Waals surface area contributed by atoms with E-state index < -0.39 is 6.10 Å². The van der Waals surface area contributed by atoms with Crippen molar-refractivity contribution >= 4 is 0 Å². The summed E-state index contributed by atoms with van der Waals surface area (Å²) < 4.78 is 2.01. The Kier molecular flexibility index (Phi) is 3.53. The molecule has 1 atom stereocenters. The van der Waals surface area contributed by atoms with Crippen LogP contribution in [0, 0.1) is 13.8 Å². The Hall–Kier alpha value is -1.61. The first-order chi connectivity index (χ1) is 8.52. The average Bonchev–Trinajstić information content (AvgIpc) is 2.81. The SMILES string of the molecule is Cc1cccc(C(O)c2cncn2C(C)C)c1C. The molecule has 0 aliphatic heterocycles. The molecular weight excluding hydrogens is 224 g/mol. The Labute approximate surface area is 108 Å². The predicted octanol–water partition coefficient (Wildman–Crippen LogP) is 3.16. The van der Waals surface area contributed by atoms with Crippen LogP contribution in [0.1, 0.15) is 48.4 Å². The Bertz CT molecular complexity index is 543. The minimum absolute atomic E-state index is 0.294. The Morgan fingerprint density at radius 2 is 1.94 bits per heavy atom. The molecule has 96 valence electrons. The van der Waals surface area contributed by atoms with Crippen molar-refractivity contribution in [3.05, 3.63) is 53.1 Å². The maximum Gasteiger partial charge on any atom is 0.121 e. The first-order valence-corrected chi connectivity index (χ1v) is 6.28. The summed E-state index contributed by atoms with van der Waals surface area (Å²) in [4.78, 5) is 4.15. The van der Waals surface area contributed by atoms with Crippen LogP contribution >= 0.6 is 0 Å². The fourth-order valence-electron chi connectivity index (χ4n) is 2.19. The van der Waals surface area contributed by atoms with E-state index in [1.54, 1.807) is 12.5 Å². The summed E-state index contributed by atoms with van der Waals surface area (Å²) >= 11 is 0. The molecule has 0 aliphatic carbocycles. The molecule has 2 aromatic rings. The van der Waals surface area contributed by atoms with Gasteiger partial charge in [0.05, 0.1) is 18.2 Å². The van der Waals surface area contributed by atoms with E-state index in [4.69, 9.17) is 0 Å². The van der Waals surface area contributed by atoms with E-state index >= 15 is 0 Å². The highest BCUT2D eigenvalue weighted by molar-refractivity contribution is 5.37. The van der Waals surface area contributed by atoms with E-state index in [0.717, 1.165) is 16.8 Å². The molecule has 1 heterocycles. The van der Waals surface area contributed by atoms with Crippen molar-refractivity contribution < 1.29 is 5.11 Å². The van der Waals surface area contributed by atoms with E-state index in [2.05, 4.69) is 31.8 Å². The van der Waals surface area contributed by atoms with Crippen LogP contribution in [0.2, 0.25) is 0 Å². The molecule has 3 heteroatoms. The zero-order valence-electron chi connectivity index (χ0n) is 11.4. The number of aliphatic hydroxyl groups is 1. The Morgan fingerprint density at radius 1 is 1.22 bits per heavy atom. The largest absolute Gasteiger partial charge is 0.382 e. The van der Waals surface area contributed by atoms with E-state index in [-0.39, 0.29) is 0 Å². The Balaban J connectivity index is 2.45. The third kappa shape index (κ3) is 2.18. The molecule has 1 aromatic heterocycles. The van der Waals surface area contributed by atoms with Gasteiger partial charge in [-0.05, 0) is 44.4 Å².